The molecule has 6 aromatic carbocycles. The van der Waals surface area contributed by atoms with Crippen LogP contribution in [0.2, 0.25) is 0 Å². The van der Waals surface area contributed by atoms with E-state index in [0.717, 1.165) is 46.2 Å². The number of aromatic nitrogens is 4. The van der Waals surface area contributed by atoms with Gasteiger partial charge < -0.3 is 32.7 Å². The summed E-state index contributed by atoms with van der Waals surface area (Å²) in [7, 11) is 0. The lowest BCUT2D eigenvalue weighted by Crippen LogP contribution is -2.25. The van der Waals surface area contributed by atoms with E-state index in [1.165, 1.54) is 48.5 Å². The van der Waals surface area contributed by atoms with Crippen molar-refractivity contribution in [2.75, 3.05) is 23.7 Å². The largest absolute Gasteiger partial charge is 0.435 e. The highest BCUT2D eigenvalue weighted by Gasteiger charge is 2.38. The van der Waals surface area contributed by atoms with Gasteiger partial charge in [-0.1, -0.05) is 75.5 Å². The lowest BCUT2D eigenvalue weighted by Gasteiger charge is -2.21. The normalized spacial score (nSPS) is 13.6. The first kappa shape index (κ1) is 62.5. The third-order valence-corrected chi connectivity index (χ3v) is 13.7. The van der Waals surface area contributed by atoms with Crippen LogP contribution in [0.1, 0.15) is 129 Å². The molecule has 2 aliphatic carbocycles. The second kappa shape index (κ2) is 26.9. The van der Waals surface area contributed by atoms with Gasteiger partial charge in [0.15, 0.2) is 11.4 Å². The molecule has 0 bridgehead atoms. The van der Waals surface area contributed by atoms with Crippen molar-refractivity contribution in [3.63, 3.8) is 0 Å². The molecule has 2 atom stereocenters. The number of carbonyl (C=O) groups is 2. The van der Waals surface area contributed by atoms with Crippen molar-refractivity contribution < 1.29 is 44.7 Å². The molecule has 8 N–H and O–H groups in total. The van der Waals surface area contributed by atoms with Crippen LogP contribution in [0.4, 0.5) is 46.5 Å². The van der Waals surface area contributed by atoms with Crippen molar-refractivity contribution in [3.8, 4) is 23.5 Å². The van der Waals surface area contributed by atoms with Crippen molar-refractivity contribution in [2.45, 2.75) is 78.1 Å². The highest BCUT2D eigenvalue weighted by molar-refractivity contribution is 6.04. The fraction of sp³-hybridized carbons (Fsp3) is 0.258. The SMILES string of the molecule is C.C.N#Cc1cccc(C(NCC2CC2)c2ccc(F)c(NC(=O)c3cc(C(F)(F)F)nn3-c3cccc(CN)c3)c2)c1.N#Cc1cccc([C@@H](NCC2CC2)c2ccc(F)c(NC(=O)c3cc(C(F)(F)F)nn3-c3cccc(CN)c3)c2)c1. The van der Waals surface area contributed by atoms with Crippen molar-refractivity contribution in [3.05, 3.63) is 225 Å². The molecule has 8 aromatic rings. The van der Waals surface area contributed by atoms with Gasteiger partial charge in [0.2, 0.25) is 0 Å². The number of halogens is 8. The zero-order valence-electron chi connectivity index (χ0n) is 43.5. The predicted molar refractivity (Wildman–Crippen MR) is 303 cm³/mol. The van der Waals surface area contributed by atoms with Gasteiger partial charge >= 0.3 is 12.4 Å². The first-order valence-corrected chi connectivity index (χ1v) is 25.9. The van der Waals surface area contributed by atoms with Crippen LogP contribution in [0.3, 0.4) is 0 Å². The molecule has 2 heterocycles. The highest BCUT2D eigenvalue weighted by atomic mass is 19.4. The maximum atomic E-state index is 15.0. The molecule has 2 amide bonds. The molecular weight excluding hydrogens is 1100 g/mol. The Bertz CT molecular complexity index is 3480. The summed E-state index contributed by atoms with van der Waals surface area (Å²) >= 11 is 0. The van der Waals surface area contributed by atoms with Gasteiger partial charge in [-0.2, -0.15) is 47.1 Å². The molecule has 436 valence electrons. The quantitative estimate of drug-likeness (QED) is 0.0447. The minimum absolute atomic E-state index is 0. The molecule has 0 spiro atoms. The van der Waals surface area contributed by atoms with Crippen LogP contribution in [0, 0.1) is 46.1 Å². The second-order valence-corrected chi connectivity index (χ2v) is 19.8. The Kier molecular flexibility index (Phi) is 20.0. The summed E-state index contributed by atoms with van der Waals surface area (Å²) in [4.78, 5) is 26.7. The summed E-state index contributed by atoms with van der Waals surface area (Å²) in [5.41, 5.74) is 12.9. The number of nitrogens with two attached hydrogens (primary N) is 2. The number of hydrogen-bond donors (Lipinski definition) is 6. The minimum Gasteiger partial charge on any atom is -0.326 e. The molecule has 84 heavy (non-hydrogen) atoms. The molecule has 2 aromatic heterocycles. The summed E-state index contributed by atoms with van der Waals surface area (Å²) in [6.07, 6.45) is -5.21. The Morgan fingerprint density at radius 3 is 1.25 bits per heavy atom. The van der Waals surface area contributed by atoms with Crippen molar-refractivity contribution >= 4 is 23.2 Å². The maximum Gasteiger partial charge on any atom is 0.435 e. The summed E-state index contributed by atoms with van der Waals surface area (Å²) in [6.45, 7) is 1.69. The molecule has 2 aliphatic rings. The van der Waals surface area contributed by atoms with E-state index in [-0.39, 0.29) is 50.7 Å². The molecule has 0 radical (unpaired) electrons. The fourth-order valence-electron chi connectivity index (χ4n) is 9.04. The molecule has 10 rings (SSSR count). The van der Waals surface area contributed by atoms with Crippen molar-refractivity contribution in [2.24, 2.45) is 23.3 Å². The Balaban J connectivity index is 0.000000235. The number of amides is 2. The maximum absolute atomic E-state index is 15.0. The number of anilines is 2. The van der Waals surface area contributed by atoms with E-state index < -0.39 is 70.7 Å². The first-order valence-electron chi connectivity index (χ1n) is 25.9. The molecule has 2 fully saturated rings. The average molecular weight is 1160 g/mol. The van der Waals surface area contributed by atoms with Crippen LogP contribution >= 0.6 is 0 Å². The lowest BCUT2D eigenvalue weighted by atomic mass is 9.96. The van der Waals surface area contributed by atoms with Gasteiger partial charge in [0, 0.05) is 25.2 Å². The van der Waals surface area contributed by atoms with E-state index in [4.69, 9.17) is 11.5 Å². The van der Waals surface area contributed by atoms with Crippen LogP contribution in [-0.2, 0) is 25.4 Å². The topological polar surface area (TPSA) is 218 Å². The number of alkyl halides is 6. The van der Waals surface area contributed by atoms with Crippen LogP contribution in [-0.4, -0.2) is 44.5 Å². The highest BCUT2D eigenvalue weighted by Crippen LogP contribution is 2.36. The number of rotatable bonds is 18. The molecule has 1 unspecified atom stereocenters. The van der Waals surface area contributed by atoms with Gasteiger partial charge in [-0.25, -0.2) is 18.1 Å². The van der Waals surface area contributed by atoms with Gasteiger partial charge in [0.1, 0.15) is 23.0 Å². The summed E-state index contributed by atoms with van der Waals surface area (Å²) < 4.78 is 113. The predicted octanol–water partition coefficient (Wildman–Crippen LogP) is 12.7. The van der Waals surface area contributed by atoms with Gasteiger partial charge in [-0.15, -0.1) is 0 Å². The fourth-order valence-corrected chi connectivity index (χ4v) is 9.04. The van der Waals surface area contributed by atoms with E-state index >= 15 is 0 Å². The Hall–Kier alpha value is -9.06. The van der Waals surface area contributed by atoms with E-state index in [1.54, 1.807) is 72.8 Å². The number of nitrogens with zero attached hydrogens (tertiary/aromatic N) is 6. The number of hydrogen-bond acceptors (Lipinski definition) is 10. The number of nitriles is 2. The third kappa shape index (κ3) is 15.3. The second-order valence-electron chi connectivity index (χ2n) is 19.8. The van der Waals surface area contributed by atoms with Gasteiger partial charge in [-0.3, -0.25) is 9.59 Å². The molecule has 0 aliphatic heterocycles. The van der Waals surface area contributed by atoms with Crippen molar-refractivity contribution in [1.82, 2.24) is 30.2 Å². The molecule has 0 saturated heterocycles. The van der Waals surface area contributed by atoms with Crippen LogP contribution in [0.15, 0.2) is 146 Å². The third-order valence-electron chi connectivity index (χ3n) is 13.7. The van der Waals surface area contributed by atoms with E-state index in [0.29, 0.717) is 70.4 Å². The van der Waals surface area contributed by atoms with Gasteiger partial charge in [-0.05, 0) is 157 Å². The molecular formula is C62H60F8N12O2. The number of nitrogens with one attached hydrogen (secondary N) is 4. The zero-order valence-corrected chi connectivity index (χ0v) is 43.5. The van der Waals surface area contributed by atoms with Gasteiger partial charge in [0.05, 0.1) is 58.1 Å². The minimum atomic E-state index is -4.81. The van der Waals surface area contributed by atoms with Crippen LogP contribution in [0.5, 0.6) is 0 Å². The Morgan fingerprint density at radius 1 is 0.536 bits per heavy atom. The molecule has 22 heteroatoms. The smallest absolute Gasteiger partial charge is 0.326 e. The standard InChI is InChI=1S/2C30H26F4N6O.2CH4/c2*31-24-10-9-22(28(37-17-18-7-8-18)21-5-1-3-19(11-21)15-35)13-25(24)38-29(41)26-14-27(30(32,33)34)39-40(26)23-6-2-4-20(12-23)16-36;;/h2*1-6,9-14,18,28,37H,7-8,16-17,36H2,(H,38,41);2*1H4/t28-;;;/m1.../s1. The first-order chi connectivity index (χ1) is 39.3. The number of carbonyl (C=O) groups excluding carboxylic acids is 2. The monoisotopic (exact) mass is 1160 g/mol. The average Bonchev–Trinajstić information content (AvgIpc) is 4.54. The summed E-state index contributed by atoms with van der Waals surface area (Å²) in [5, 5.41) is 37.8. The lowest BCUT2D eigenvalue weighted by molar-refractivity contribution is -0.142. The van der Waals surface area contributed by atoms with E-state index in [1.807, 2.05) is 12.1 Å². The van der Waals surface area contributed by atoms with Crippen molar-refractivity contribution in [1.29, 1.82) is 10.5 Å². The zero-order chi connectivity index (χ0) is 58.3. The van der Waals surface area contributed by atoms with Crippen LogP contribution in [0.25, 0.3) is 11.4 Å². The Morgan fingerprint density at radius 2 is 0.905 bits per heavy atom. The number of benzene rings is 6. The Labute approximate surface area is 480 Å². The summed E-state index contributed by atoms with van der Waals surface area (Å²) in [6, 6.07) is 39.7. The summed E-state index contributed by atoms with van der Waals surface area (Å²) in [5.74, 6) is -2.43. The van der Waals surface area contributed by atoms with E-state index in [9.17, 15) is 55.2 Å². The molecule has 14 nitrogen and oxygen atoms in total. The van der Waals surface area contributed by atoms with Gasteiger partial charge in [0.25, 0.3) is 11.8 Å². The molecule has 2 saturated carbocycles. The van der Waals surface area contributed by atoms with E-state index in [2.05, 4.69) is 43.6 Å². The van der Waals surface area contributed by atoms with Crippen LogP contribution < -0.4 is 32.7 Å².